The number of hydrogen-bond acceptors (Lipinski definition) is 3. The fourth-order valence-corrected chi connectivity index (χ4v) is 3.08. The molecular weight excluding hydrogens is 270 g/mol. The summed E-state index contributed by atoms with van der Waals surface area (Å²) in [7, 11) is 0. The lowest BCUT2D eigenvalue weighted by molar-refractivity contribution is 0.328. The lowest BCUT2D eigenvalue weighted by Gasteiger charge is -2.22. The Morgan fingerprint density at radius 2 is 2.10 bits per heavy atom. The minimum Gasteiger partial charge on any atom is -0.381 e. The zero-order valence-electron chi connectivity index (χ0n) is 11.8. The van der Waals surface area contributed by atoms with Crippen LogP contribution in [0.1, 0.15) is 19.8 Å². The van der Waals surface area contributed by atoms with E-state index in [4.69, 9.17) is 11.6 Å². The standard InChI is InChI=1S/C16H20ClN3/c1-12(11-20-8-2-3-9-20)19-15-6-7-18-16-10-13(17)4-5-14(15)16/h4-7,10,12H,2-3,8-9,11H2,1H3,(H,18,19). The first-order valence-corrected chi connectivity index (χ1v) is 7.63. The van der Waals surface area contributed by atoms with E-state index in [-0.39, 0.29) is 0 Å². The van der Waals surface area contributed by atoms with E-state index in [1.165, 1.54) is 25.9 Å². The average molecular weight is 290 g/mol. The highest BCUT2D eigenvalue weighted by molar-refractivity contribution is 6.31. The topological polar surface area (TPSA) is 28.2 Å². The quantitative estimate of drug-likeness (QED) is 0.928. The number of hydrogen-bond donors (Lipinski definition) is 1. The van der Waals surface area contributed by atoms with Gasteiger partial charge in [0.15, 0.2) is 0 Å². The first-order chi connectivity index (χ1) is 9.72. The van der Waals surface area contributed by atoms with Crippen LogP contribution < -0.4 is 5.32 Å². The highest BCUT2D eigenvalue weighted by atomic mass is 35.5. The highest BCUT2D eigenvalue weighted by Crippen LogP contribution is 2.25. The molecule has 1 aromatic heterocycles. The number of nitrogens with zero attached hydrogens (tertiary/aromatic N) is 2. The van der Waals surface area contributed by atoms with Crippen molar-refractivity contribution in [2.45, 2.75) is 25.8 Å². The molecule has 1 unspecified atom stereocenters. The molecule has 0 amide bonds. The third-order valence-corrected chi connectivity index (χ3v) is 4.07. The molecule has 0 aliphatic carbocycles. The summed E-state index contributed by atoms with van der Waals surface area (Å²) in [4.78, 5) is 6.90. The van der Waals surface area contributed by atoms with Gasteiger partial charge < -0.3 is 10.2 Å². The number of likely N-dealkylation sites (tertiary alicyclic amines) is 1. The average Bonchev–Trinajstić information content (AvgIpc) is 2.91. The maximum absolute atomic E-state index is 6.02. The van der Waals surface area contributed by atoms with Gasteiger partial charge in [-0.2, -0.15) is 0 Å². The molecule has 1 saturated heterocycles. The Labute approximate surface area is 124 Å². The Kier molecular flexibility index (Phi) is 4.08. The van der Waals surface area contributed by atoms with Gasteiger partial charge in [0.2, 0.25) is 0 Å². The number of fused-ring (bicyclic) bond motifs is 1. The molecule has 1 aromatic carbocycles. The fraction of sp³-hybridized carbons (Fsp3) is 0.438. The normalized spacial score (nSPS) is 17.5. The van der Waals surface area contributed by atoms with Crippen molar-refractivity contribution in [1.29, 1.82) is 0 Å². The third kappa shape index (κ3) is 3.05. The van der Waals surface area contributed by atoms with Gasteiger partial charge in [-0.1, -0.05) is 11.6 Å². The number of benzene rings is 1. The largest absolute Gasteiger partial charge is 0.381 e. The molecule has 0 spiro atoms. The molecule has 0 radical (unpaired) electrons. The number of rotatable bonds is 4. The number of aromatic nitrogens is 1. The molecule has 0 saturated carbocycles. The van der Waals surface area contributed by atoms with Crippen LogP contribution in [0, 0.1) is 0 Å². The van der Waals surface area contributed by atoms with Crippen LogP contribution in [-0.2, 0) is 0 Å². The molecule has 3 rings (SSSR count). The summed E-state index contributed by atoms with van der Waals surface area (Å²) in [5.41, 5.74) is 2.08. The molecule has 1 N–H and O–H groups in total. The summed E-state index contributed by atoms with van der Waals surface area (Å²) in [5.74, 6) is 0. The van der Waals surface area contributed by atoms with Crippen molar-refractivity contribution in [3.63, 3.8) is 0 Å². The van der Waals surface area contributed by atoms with Crippen LogP contribution in [0.3, 0.4) is 0 Å². The molecule has 106 valence electrons. The second-order valence-electron chi connectivity index (χ2n) is 5.57. The number of nitrogens with one attached hydrogen (secondary N) is 1. The van der Waals surface area contributed by atoms with Crippen LogP contribution in [0.2, 0.25) is 5.02 Å². The Bertz CT molecular complexity index is 593. The van der Waals surface area contributed by atoms with Gasteiger partial charge >= 0.3 is 0 Å². The molecule has 1 atom stereocenters. The van der Waals surface area contributed by atoms with Gasteiger partial charge in [0.05, 0.1) is 5.52 Å². The molecule has 3 nitrogen and oxygen atoms in total. The third-order valence-electron chi connectivity index (χ3n) is 3.84. The van der Waals surface area contributed by atoms with E-state index in [0.29, 0.717) is 6.04 Å². The molecule has 2 aromatic rings. The van der Waals surface area contributed by atoms with Crippen molar-refractivity contribution >= 4 is 28.2 Å². The Hall–Kier alpha value is -1.32. The van der Waals surface area contributed by atoms with Crippen molar-refractivity contribution < 1.29 is 0 Å². The number of pyridine rings is 1. The Balaban J connectivity index is 1.76. The van der Waals surface area contributed by atoms with E-state index in [1.807, 2.05) is 30.5 Å². The Morgan fingerprint density at radius 3 is 2.90 bits per heavy atom. The predicted molar refractivity (Wildman–Crippen MR) is 85.5 cm³/mol. The fourth-order valence-electron chi connectivity index (χ4n) is 2.91. The van der Waals surface area contributed by atoms with Crippen molar-refractivity contribution in [3.8, 4) is 0 Å². The molecule has 4 heteroatoms. The van der Waals surface area contributed by atoms with Gasteiger partial charge in [-0.15, -0.1) is 0 Å². The summed E-state index contributed by atoms with van der Waals surface area (Å²) >= 11 is 6.02. The second-order valence-corrected chi connectivity index (χ2v) is 6.01. The van der Waals surface area contributed by atoms with Gasteiger partial charge in [0, 0.05) is 34.9 Å². The monoisotopic (exact) mass is 289 g/mol. The van der Waals surface area contributed by atoms with Crippen molar-refractivity contribution in [1.82, 2.24) is 9.88 Å². The van der Waals surface area contributed by atoms with Gasteiger partial charge in [0.25, 0.3) is 0 Å². The van der Waals surface area contributed by atoms with Crippen LogP contribution in [-0.4, -0.2) is 35.6 Å². The first kappa shape index (κ1) is 13.7. The maximum Gasteiger partial charge on any atom is 0.0737 e. The number of anilines is 1. The minimum absolute atomic E-state index is 0.425. The van der Waals surface area contributed by atoms with Crippen LogP contribution >= 0.6 is 11.6 Å². The zero-order chi connectivity index (χ0) is 13.9. The summed E-state index contributed by atoms with van der Waals surface area (Å²) < 4.78 is 0. The van der Waals surface area contributed by atoms with Gasteiger partial charge in [-0.05, 0) is 57.1 Å². The first-order valence-electron chi connectivity index (χ1n) is 7.25. The number of halogens is 1. The van der Waals surface area contributed by atoms with Crippen LogP contribution in [0.15, 0.2) is 30.5 Å². The SMILES string of the molecule is CC(CN1CCCC1)Nc1ccnc2cc(Cl)ccc12. The molecule has 20 heavy (non-hydrogen) atoms. The predicted octanol–water partition coefficient (Wildman–Crippen LogP) is 3.78. The molecule has 1 fully saturated rings. The van der Waals surface area contributed by atoms with E-state index in [1.54, 1.807) is 0 Å². The van der Waals surface area contributed by atoms with Gasteiger partial charge in [-0.25, -0.2) is 0 Å². The lowest BCUT2D eigenvalue weighted by atomic mass is 10.1. The summed E-state index contributed by atoms with van der Waals surface area (Å²) in [6, 6.07) is 8.33. The molecular formula is C16H20ClN3. The van der Waals surface area contributed by atoms with E-state index < -0.39 is 0 Å². The zero-order valence-corrected chi connectivity index (χ0v) is 12.5. The second kappa shape index (κ2) is 5.98. The van der Waals surface area contributed by atoms with E-state index in [0.717, 1.165) is 28.2 Å². The van der Waals surface area contributed by atoms with Crippen LogP contribution in [0.25, 0.3) is 10.9 Å². The molecule has 0 bridgehead atoms. The smallest absolute Gasteiger partial charge is 0.0737 e. The van der Waals surface area contributed by atoms with E-state index in [9.17, 15) is 0 Å². The van der Waals surface area contributed by atoms with E-state index >= 15 is 0 Å². The van der Waals surface area contributed by atoms with Crippen molar-refractivity contribution in [3.05, 3.63) is 35.5 Å². The van der Waals surface area contributed by atoms with Crippen LogP contribution in [0.4, 0.5) is 5.69 Å². The summed E-state index contributed by atoms with van der Waals surface area (Å²) in [6.45, 7) is 5.80. The van der Waals surface area contributed by atoms with Gasteiger partial charge in [0.1, 0.15) is 0 Å². The Morgan fingerprint density at radius 1 is 1.30 bits per heavy atom. The van der Waals surface area contributed by atoms with Crippen molar-refractivity contribution in [2.75, 3.05) is 25.0 Å². The lowest BCUT2D eigenvalue weighted by Crippen LogP contribution is -2.33. The van der Waals surface area contributed by atoms with Gasteiger partial charge in [-0.3, -0.25) is 4.98 Å². The van der Waals surface area contributed by atoms with Crippen molar-refractivity contribution in [2.24, 2.45) is 0 Å². The minimum atomic E-state index is 0.425. The van der Waals surface area contributed by atoms with E-state index in [2.05, 4.69) is 22.1 Å². The maximum atomic E-state index is 6.02. The summed E-state index contributed by atoms with van der Waals surface area (Å²) in [6.07, 6.45) is 4.51. The molecule has 1 aliphatic heterocycles. The molecule has 1 aliphatic rings. The molecule has 2 heterocycles. The highest BCUT2D eigenvalue weighted by Gasteiger charge is 2.15. The summed E-state index contributed by atoms with van der Waals surface area (Å²) in [5, 5.41) is 5.47. The van der Waals surface area contributed by atoms with Crippen LogP contribution in [0.5, 0.6) is 0 Å².